The van der Waals surface area contributed by atoms with Crippen molar-refractivity contribution in [2.45, 2.75) is 0 Å². The molecule has 0 unspecified atom stereocenters. The summed E-state index contributed by atoms with van der Waals surface area (Å²) in [6, 6.07) is 7.28. The molecule has 0 saturated carbocycles. The monoisotopic (exact) mass is 387 g/mol. The zero-order valence-electron chi connectivity index (χ0n) is 14.2. The SMILES string of the molecule is COc1cc([N+](=O)[O-])ccc1-c1ccc(/C=C2\C(=O)NC(=S)N(C)C2=O)o1. The Morgan fingerprint density at radius 2 is 2.04 bits per heavy atom. The number of nitrogens with zero attached hydrogens (tertiary/aromatic N) is 2. The highest BCUT2D eigenvalue weighted by Gasteiger charge is 2.31. The molecule has 1 aliphatic heterocycles. The Bertz CT molecular complexity index is 1010. The number of nitro benzene ring substituents is 1. The van der Waals surface area contributed by atoms with Gasteiger partial charge in [-0.25, -0.2) is 0 Å². The molecule has 0 radical (unpaired) electrons. The second-order valence-electron chi connectivity index (χ2n) is 5.53. The number of carbonyl (C=O) groups is 2. The van der Waals surface area contributed by atoms with Gasteiger partial charge in [-0.1, -0.05) is 0 Å². The summed E-state index contributed by atoms with van der Waals surface area (Å²) in [5, 5.41) is 13.3. The number of thiocarbonyl (C=S) groups is 1. The van der Waals surface area contributed by atoms with Crippen LogP contribution in [0.5, 0.6) is 5.75 Å². The summed E-state index contributed by atoms with van der Waals surface area (Å²) < 4.78 is 10.9. The lowest BCUT2D eigenvalue weighted by atomic mass is 10.1. The van der Waals surface area contributed by atoms with Crippen molar-refractivity contribution in [3.8, 4) is 17.1 Å². The molecule has 0 aliphatic carbocycles. The molecule has 0 spiro atoms. The van der Waals surface area contributed by atoms with Crippen LogP contribution >= 0.6 is 12.2 Å². The Kier molecular flexibility index (Phi) is 4.74. The minimum Gasteiger partial charge on any atom is -0.496 e. The zero-order chi connectivity index (χ0) is 19.7. The Labute approximate surface area is 158 Å². The Morgan fingerprint density at radius 1 is 1.30 bits per heavy atom. The first-order valence-corrected chi connectivity index (χ1v) is 8.00. The highest BCUT2D eigenvalue weighted by molar-refractivity contribution is 7.80. The summed E-state index contributed by atoms with van der Waals surface area (Å²) in [5.74, 6) is -0.288. The molecule has 10 heteroatoms. The molecule has 1 aliphatic rings. The molecule has 1 aromatic carbocycles. The second-order valence-corrected chi connectivity index (χ2v) is 5.91. The third kappa shape index (κ3) is 3.42. The minimum absolute atomic E-state index is 0.0258. The van der Waals surface area contributed by atoms with Gasteiger partial charge in [-0.05, 0) is 36.5 Å². The van der Waals surface area contributed by atoms with Gasteiger partial charge in [-0.3, -0.25) is 29.9 Å². The van der Waals surface area contributed by atoms with Crippen molar-refractivity contribution in [3.05, 3.63) is 51.8 Å². The van der Waals surface area contributed by atoms with Gasteiger partial charge in [0.25, 0.3) is 17.5 Å². The van der Waals surface area contributed by atoms with E-state index in [2.05, 4.69) is 5.32 Å². The van der Waals surface area contributed by atoms with Crippen molar-refractivity contribution in [2.24, 2.45) is 0 Å². The second kappa shape index (κ2) is 7.00. The number of hydrogen-bond donors (Lipinski definition) is 1. The standard InChI is InChI=1S/C17H13N3O6S/c1-19-16(22)12(15(21)18-17(19)27)8-10-4-6-13(26-10)11-5-3-9(20(23)24)7-14(11)25-2/h3-8H,1-2H3,(H,18,21,27)/b12-8+. The lowest BCUT2D eigenvalue weighted by molar-refractivity contribution is -0.384. The third-order valence-corrected chi connectivity index (χ3v) is 4.26. The number of nitrogens with one attached hydrogen (secondary N) is 1. The van der Waals surface area contributed by atoms with Crippen molar-refractivity contribution in [3.63, 3.8) is 0 Å². The van der Waals surface area contributed by atoms with E-state index in [1.807, 2.05) is 0 Å². The lowest BCUT2D eigenvalue weighted by Gasteiger charge is -2.24. The third-order valence-electron chi connectivity index (χ3n) is 3.88. The van der Waals surface area contributed by atoms with E-state index < -0.39 is 16.7 Å². The Balaban J connectivity index is 1.96. The number of nitro groups is 1. The first-order valence-electron chi connectivity index (χ1n) is 7.59. The fraction of sp³-hybridized carbons (Fsp3) is 0.118. The molecule has 3 rings (SSSR count). The number of methoxy groups -OCH3 is 1. The topological polar surface area (TPSA) is 115 Å². The van der Waals surface area contributed by atoms with Gasteiger partial charge in [0.2, 0.25) is 0 Å². The van der Waals surface area contributed by atoms with Gasteiger partial charge < -0.3 is 9.15 Å². The lowest BCUT2D eigenvalue weighted by Crippen LogP contribution is -2.52. The highest BCUT2D eigenvalue weighted by atomic mass is 32.1. The quantitative estimate of drug-likeness (QED) is 0.281. The van der Waals surface area contributed by atoms with E-state index >= 15 is 0 Å². The van der Waals surface area contributed by atoms with Crippen molar-refractivity contribution >= 4 is 40.9 Å². The molecule has 2 aromatic rings. The molecule has 1 aromatic heterocycles. The first kappa shape index (κ1) is 18.3. The molecule has 2 amide bonds. The van der Waals surface area contributed by atoms with Gasteiger partial charge in [-0.15, -0.1) is 0 Å². The van der Waals surface area contributed by atoms with Gasteiger partial charge in [0.05, 0.1) is 23.7 Å². The number of rotatable bonds is 4. The van der Waals surface area contributed by atoms with Gasteiger partial charge in [0, 0.05) is 13.1 Å². The maximum atomic E-state index is 12.2. The summed E-state index contributed by atoms with van der Waals surface area (Å²) in [6.45, 7) is 0. The van der Waals surface area contributed by atoms with Crippen LogP contribution in [-0.4, -0.2) is 40.9 Å². The minimum atomic E-state index is -0.617. The molecule has 138 valence electrons. The van der Waals surface area contributed by atoms with Crippen molar-refractivity contribution < 1.29 is 23.7 Å². The van der Waals surface area contributed by atoms with Crippen molar-refractivity contribution in [2.75, 3.05) is 14.2 Å². The van der Waals surface area contributed by atoms with Crippen LogP contribution in [0.15, 0.2) is 40.3 Å². The number of amides is 2. The molecular weight excluding hydrogens is 374 g/mol. The van der Waals surface area contributed by atoms with E-state index in [9.17, 15) is 19.7 Å². The van der Waals surface area contributed by atoms with Crippen molar-refractivity contribution in [1.29, 1.82) is 0 Å². The fourth-order valence-electron chi connectivity index (χ4n) is 2.46. The number of carbonyl (C=O) groups excluding carboxylic acids is 2. The molecule has 1 N–H and O–H groups in total. The number of hydrogen-bond acceptors (Lipinski definition) is 7. The van der Waals surface area contributed by atoms with Crippen LogP contribution in [0.25, 0.3) is 17.4 Å². The average Bonchev–Trinajstić information content (AvgIpc) is 3.11. The number of ether oxygens (including phenoxy) is 1. The smallest absolute Gasteiger partial charge is 0.273 e. The van der Waals surface area contributed by atoms with Crippen LogP contribution in [0.3, 0.4) is 0 Å². The van der Waals surface area contributed by atoms with Crippen LogP contribution in [-0.2, 0) is 9.59 Å². The molecule has 0 atom stereocenters. The van der Waals surface area contributed by atoms with Gasteiger partial charge in [-0.2, -0.15) is 0 Å². The Morgan fingerprint density at radius 3 is 2.70 bits per heavy atom. The number of furan rings is 1. The summed E-state index contributed by atoms with van der Waals surface area (Å²) in [5.41, 5.74) is 0.251. The fourth-order valence-corrected chi connectivity index (χ4v) is 2.64. The molecule has 0 bridgehead atoms. The predicted molar refractivity (Wildman–Crippen MR) is 98.8 cm³/mol. The largest absolute Gasteiger partial charge is 0.496 e. The van der Waals surface area contributed by atoms with E-state index in [4.69, 9.17) is 21.4 Å². The van der Waals surface area contributed by atoms with Crippen LogP contribution in [0.2, 0.25) is 0 Å². The molecule has 27 heavy (non-hydrogen) atoms. The van der Waals surface area contributed by atoms with Gasteiger partial charge in [0.1, 0.15) is 22.8 Å². The van der Waals surface area contributed by atoms with Crippen LogP contribution in [0.1, 0.15) is 5.76 Å². The highest BCUT2D eigenvalue weighted by Crippen LogP contribution is 2.34. The van der Waals surface area contributed by atoms with Crippen molar-refractivity contribution in [1.82, 2.24) is 10.2 Å². The average molecular weight is 387 g/mol. The van der Waals surface area contributed by atoms with E-state index in [-0.39, 0.29) is 27.9 Å². The Hall–Kier alpha value is -3.53. The maximum Gasteiger partial charge on any atom is 0.273 e. The summed E-state index contributed by atoms with van der Waals surface area (Å²) in [7, 11) is 2.84. The summed E-state index contributed by atoms with van der Waals surface area (Å²) >= 11 is 4.89. The van der Waals surface area contributed by atoms with E-state index in [1.165, 1.54) is 38.4 Å². The van der Waals surface area contributed by atoms with Crippen LogP contribution in [0.4, 0.5) is 5.69 Å². The first-order chi connectivity index (χ1) is 12.8. The molecule has 1 saturated heterocycles. The van der Waals surface area contributed by atoms with Crippen LogP contribution < -0.4 is 10.1 Å². The van der Waals surface area contributed by atoms with Gasteiger partial charge in [0.15, 0.2) is 5.11 Å². The molecule has 9 nitrogen and oxygen atoms in total. The van der Waals surface area contributed by atoms with Crippen LogP contribution in [0, 0.1) is 10.1 Å². The van der Waals surface area contributed by atoms with Gasteiger partial charge >= 0.3 is 0 Å². The predicted octanol–water partition coefficient (Wildman–Crippen LogP) is 2.12. The number of non-ortho nitro benzene ring substituents is 1. The molecule has 1 fully saturated rings. The number of likely N-dealkylation sites (N-methyl/N-ethyl adjacent to an activating group) is 1. The zero-order valence-corrected chi connectivity index (χ0v) is 15.0. The van der Waals surface area contributed by atoms with E-state index in [0.29, 0.717) is 11.3 Å². The molecular formula is C17H13N3O6S. The van der Waals surface area contributed by atoms with E-state index in [0.717, 1.165) is 4.90 Å². The summed E-state index contributed by atoms with van der Waals surface area (Å²) in [6.07, 6.45) is 1.30. The molecule has 2 heterocycles. The maximum absolute atomic E-state index is 12.2. The number of benzene rings is 1. The van der Waals surface area contributed by atoms with E-state index in [1.54, 1.807) is 12.1 Å². The normalized spacial score (nSPS) is 15.9. The summed E-state index contributed by atoms with van der Waals surface area (Å²) in [4.78, 5) is 35.7.